The first-order chi connectivity index (χ1) is 10.6. The molecule has 1 saturated carbocycles. The molecular formula is C16H14ClN3O2. The second-order valence-electron chi connectivity index (χ2n) is 5.17. The molecule has 3 rings (SSSR count). The summed E-state index contributed by atoms with van der Waals surface area (Å²) < 4.78 is 0. The zero-order valence-electron chi connectivity index (χ0n) is 11.6. The number of hydrogen-bond acceptors (Lipinski definition) is 3. The lowest BCUT2D eigenvalue weighted by Gasteiger charge is -2.06. The summed E-state index contributed by atoms with van der Waals surface area (Å²) in [6.45, 7) is 0. The predicted molar refractivity (Wildman–Crippen MR) is 83.6 cm³/mol. The number of nitrogens with one attached hydrogen (secondary N) is 2. The SMILES string of the molecule is O=C(Nc1cccnc1)C(=O)NC1CC1c1cccc(Cl)c1. The molecule has 2 aromatic rings. The first kappa shape index (κ1) is 14.5. The van der Waals surface area contributed by atoms with Gasteiger partial charge in [0.2, 0.25) is 0 Å². The third-order valence-electron chi connectivity index (χ3n) is 3.51. The van der Waals surface area contributed by atoms with Crippen molar-refractivity contribution in [3.05, 3.63) is 59.4 Å². The number of pyridine rings is 1. The van der Waals surface area contributed by atoms with Gasteiger partial charge in [-0.05, 0) is 36.2 Å². The molecule has 2 amide bonds. The lowest BCUT2D eigenvalue weighted by atomic mass is 10.1. The van der Waals surface area contributed by atoms with E-state index in [0.29, 0.717) is 10.7 Å². The second kappa shape index (κ2) is 6.15. The van der Waals surface area contributed by atoms with Gasteiger partial charge in [-0.25, -0.2) is 0 Å². The molecule has 0 aliphatic heterocycles. The highest BCUT2D eigenvalue weighted by Crippen LogP contribution is 2.41. The van der Waals surface area contributed by atoms with Crippen molar-refractivity contribution < 1.29 is 9.59 Å². The van der Waals surface area contributed by atoms with Crippen molar-refractivity contribution >= 4 is 29.1 Å². The fraction of sp³-hybridized carbons (Fsp3) is 0.188. The van der Waals surface area contributed by atoms with E-state index < -0.39 is 11.8 Å². The first-order valence-electron chi connectivity index (χ1n) is 6.91. The number of anilines is 1. The number of nitrogens with zero attached hydrogens (tertiary/aromatic N) is 1. The molecule has 1 fully saturated rings. The lowest BCUT2D eigenvalue weighted by Crippen LogP contribution is -2.37. The molecule has 1 heterocycles. The van der Waals surface area contributed by atoms with Crippen LogP contribution in [0.5, 0.6) is 0 Å². The zero-order chi connectivity index (χ0) is 15.5. The van der Waals surface area contributed by atoms with Crippen LogP contribution in [0.4, 0.5) is 5.69 Å². The summed E-state index contributed by atoms with van der Waals surface area (Å²) in [7, 11) is 0. The van der Waals surface area contributed by atoms with Gasteiger partial charge in [-0.1, -0.05) is 23.7 Å². The van der Waals surface area contributed by atoms with Crippen LogP contribution in [0.15, 0.2) is 48.8 Å². The molecule has 2 atom stereocenters. The van der Waals surface area contributed by atoms with Crippen LogP contribution in [0.3, 0.4) is 0 Å². The first-order valence-corrected chi connectivity index (χ1v) is 7.28. The molecule has 1 aliphatic rings. The number of aromatic nitrogens is 1. The molecular weight excluding hydrogens is 302 g/mol. The molecule has 0 radical (unpaired) electrons. The van der Waals surface area contributed by atoms with Crippen LogP contribution >= 0.6 is 11.6 Å². The minimum Gasteiger partial charge on any atom is -0.344 e. The summed E-state index contributed by atoms with van der Waals surface area (Å²) in [6, 6.07) is 10.9. The molecule has 6 heteroatoms. The summed E-state index contributed by atoms with van der Waals surface area (Å²) in [5.74, 6) is -1.11. The van der Waals surface area contributed by atoms with Crippen molar-refractivity contribution in [1.29, 1.82) is 0 Å². The van der Waals surface area contributed by atoms with Gasteiger partial charge in [-0.15, -0.1) is 0 Å². The largest absolute Gasteiger partial charge is 0.344 e. The molecule has 1 aliphatic carbocycles. The van der Waals surface area contributed by atoms with Crippen LogP contribution in [-0.2, 0) is 9.59 Å². The Morgan fingerprint density at radius 1 is 1.18 bits per heavy atom. The van der Waals surface area contributed by atoms with Crippen molar-refractivity contribution in [2.45, 2.75) is 18.4 Å². The van der Waals surface area contributed by atoms with Crippen LogP contribution in [0.2, 0.25) is 5.02 Å². The van der Waals surface area contributed by atoms with Crippen LogP contribution in [0.25, 0.3) is 0 Å². The number of rotatable bonds is 3. The summed E-state index contributed by atoms with van der Waals surface area (Å²) in [5.41, 5.74) is 1.57. The Morgan fingerprint density at radius 2 is 2.05 bits per heavy atom. The number of carbonyl (C=O) groups is 2. The van der Waals surface area contributed by atoms with E-state index in [1.807, 2.05) is 24.3 Å². The quantitative estimate of drug-likeness (QED) is 0.854. The van der Waals surface area contributed by atoms with Gasteiger partial charge in [0.15, 0.2) is 0 Å². The third kappa shape index (κ3) is 3.43. The van der Waals surface area contributed by atoms with E-state index in [1.54, 1.807) is 18.3 Å². The summed E-state index contributed by atoms with van der Waals surface area (Å²) in [4.78, 5) is 27.5. The Bertz CT molecular complexity index is 706. The smallest absolute Gasteiger partial charge is 0.313 e. The van der Waals surface area contributed by atoms with E-state index >= 15 is 0 Å². The Labute approximate surface area is 132 Å². The van der Waals surface area contributed by atoms with Gasteiger partial charge in [0, 0.05) is 23.2 Å². The van der Waals surface area contributed by atoms with Crippen molar-refractivity contribution in [2.75, 3.05) is 5.32 Å². The van der Waals surface area contributed by atoms with E-state index in [2.05, 4.69) is 15.6 Å². The molecule has 0 spiro atoms. The van der Waals surface area contributed by atoms with Gasteiger partial charge in [-0.3, -0.25) is 14.6 Å². The average Bonchev–Trinajstić information content (AvgIpc) is 3.27. The number of carbonyl (C=O) groups excluding carboxylic acids is 2. The molecule has 5 nitrogen and oxygen atoms in total. The monoisotopic (exact) mass is 315 g/mol. The van der Waals surface area contributed by atoms with Crippen LogP contribution in [0.1, 0.15) is 17.9 Å². The van der Waals surface area contributed by atoms with Crippen LogP contribution in [-0.4, -0.2) is 22.8 Å². The molecule has 0 bridgehead atoms. The lowest BCUT2D eigenvalue weighted by molar-refractivity contribution is -0.136. The van der Waals surface area contributed by atoms with E-state index in [1.165, 1.54) is 6.20 Å². The minimum atomic E-state index is -0.690. The number of amides is 2. The topological polar surface area (TPSA) is 71.1 Å². The molecule has 112 valence electrons. The predicted octanol–water partition coefficient (Wildman–Crippen LogP) is 2.35. The van der Waals surface area contributed by atoms with E-state index in [-0.39, 0.29) is 12.0 Å². The number of hydrogen-bond donors (Lipinski definition) is 2. The molecule has 22 heavy (non-hydrogen) atoms. The van der Waals surface area contributed by atoms with Gasteiger partial charge < -0.3 is 10.6 Å². The van der Waals surface area contributed by atoms with E-state index in [0.717, 1.165) is 12.0 Å². The maximum absolute atomic E-state index is 11.9. The minimum absolute atomic E-state index is 0.0226. The fourth-order valence-corrected chi connectivity index (χ4v) is 2.52. The highest BCUT2D eigenvalue weighted by Gasteiger charge is 2.40. The van der Waals surface area contributed by atoms with Gasteiger partial charge in [0.25, 0.3) is 0 Å². The summed E-state index contributed by atoms with van der Waals surface area (Å²) in [5, 5.41) is 5.90. The number of halogens is 1. The zero-order valence-corrected chi connectivity index (χ0v) is 12.4. The van der Waals surface area contributed by atoms with E-state index in [9.17, 15) is 9.59 Å². The summed E-state index contributed by atoms with van der Waals surface area (Å²) in [6.07, 6.45) is 3.89. The Hall–Kier alpha value is -2.40. The Kier molecular flexibility index (Phi) is 4.06. The fourth-order valence-electron chi connectivity index (χ4n) is 2.32. The standard InChI is InChI=1S/C16H14ClN3O2/c17-11-4-1-3-10(7-11)13-8-14(13)20-16(22)15(21)19-12-5-2-6-18-9-12/h1-7,9,13-14H,8H2,(H,19,21)(H,20,22). The second-order valence-corrected chi connectivity index (χ2v) is 5.61. The molecule has 1 aromatic heterocycles. The van der Waals surface area contributed by atoms with Crippen molar-refractivity contribution in [3.63, 3.8) is 0 Å². The van der Waals surface area contributed by atoms with E-state index in [4.69, 9.17) is 11.6 Å². The normalized spacial score (nSPS) is 19.3. The van der Waals surface area contributed by atoms with Crippen molar-refractivity contribution in [3.8, 4) is 0 Å². The van der Waals surface area contributed by atoms with Gasteiger partial charge in [0.05, 0.1) is 11.9 Å². The molecule has 2 N–H and O–H groups in total. The van der Waals surface area contributed by atoms with Gasteiger partial charge >= 0.3 is 11.8 Å². The maximum Gasteiger partial charge on any atom is 0.313 e. The molecule has 1 aromatic carbocycles. The third-order valence-corrected chi connectivity index (χ3v) is 3.74. The van der Waals surface area contributed by atoms with Crippen molar-refractivity contribution in [1.82, 2.24) is 10.3 Å². The van der Waals surface area contributed by atoms with Gasteiger partial charge in [-0.2, -0.15) is 0 Å². The van der Waals surface area contributed by atoms with Crippen LogP contribution < -0.4 is 10.6 Å². The Balaban J connectivity index is 1.54. The average molecular weight is 316 g/mol. The highest BCUT2D eigenvalue weighted by molar-refractivity contribution is 6.39. The maximum atomic E-state index is 11.9. The van der Waals surface area contributed by atoms with Gasteiger partial charge in [0.1, 0.15) is 0 Å². The Morgan fingerprint density at radius 3 is 2.77 bits per heavy atom. The summed E-state index contributed by atoms with van der Waals surface area (Å²) >= 11 is 5.95. The number of benzene rings is 1. The molecule has 0 saturated heterocycles. The molecule has 2 unspecified atom stereocenters. The van der Waals surface area contributed by atoms with Crippen molar-refractivity contribution in [2.24, 2.45) is 0 Å². The highest BCUT2D eigenvalue weighted by atomic mass is 35.5. The van der Waals surface area contributed by atoms with Crippen LogP contribution in [0, 0.1) is 0 Å².